The first-order valence-electron chi connectivity index (χ1n) is 21.1. The second-order valence-electron chi connectivity index (χ2n) is 16.9. The molecule has 3 aliphatic heterocycles. The molecule has 5 aliphatic rings. The van der Waals surface area contributed by atoms with Crippen LogP contribution in [0.3, 0.4) is 0 Å². The summed E-state index contributed by atoms with van der Waals surface area (Å²) in [6.45, 7) is -0.249. The monoisotopic (exact) mass is 900 g/mol. The van der Waals surface area contributed by atoms with Crippen LogP contribution in [0.25, 0.3) is 22.3 Å². The van der Waals surface area contributed by atoms with Gasteiger partial charge in [-0.1, -0.05) is 42.7 Å². The van der Waals surface area contributed by atoms with Gasteiger partial charge in [0.2, 0.25) is 27.7 Å². The Hall–Kier alpha value is -4.97. The maximum absolute atomic E-state index is 14.9. The Morgan fingerprint density at radius 3 is 2.56 bits per heavy atom. The normalized spacial score (nSPS) is 27.1. The van der Waals surface area contributed by atoms with Gasteiger partial charge < -0.3 is 24.6 Å². The fourth-order valence-corrected chi connectivity index (χ4v) is 10.7. The first-order chi connectivity index (χ1) is 29.6. The molecule has 2 saturated heterocycles. The number of hydrogen-bond donors (Lipinski definition) is 2. The van der Waals surface area contributed by atoms with Crippen LogP contribution < -0.4 is 19.5 Å². The number of methoxy groups -OCH3 is 1. The van der Waals surface area contributed by atoms with Crippen molar-refractivity contribution in [3.05, 3.63) is 59.8 Å². The molecule has 1 aromatic carbocycles. The number of amides is 4. The average Bonchev–Trinajstić information content (AvgIpc) is 4.11. The summed E-state index contributed by atoms with van der Waals surface area (Å²) in [5.41, 5.74) is -0.365. The Morgan fingerprint density at radius 1 is 1.03 bits per heavy atom. The van der Waals surface area contributed by atoms with Gasteiger partial charge in [-0.2, -0.15) is 13.2 Å². The maximum Gasteiger partial charge on any atom is 0.408 e. The van der Waals surface area contributed by atoms with Crippen LogP contribution in [0.2, 0.25) is 5.02 Å². The molecule has 0 spiro atoms. The summed E-state index contributed by atoms with van der Waals surface area (Å²) >= 11 is 6.77. The third-order valence-corrected chi connectivity index (χ3v) is 14.8. The number of alkyl halides is 3. The number of benzene rings is 1. The lowest BCUT2D eigenvalue weighted by atomic mass is 9.94. The number of carbonyl (C=O) groups is 4. The van der Waals surface area contributed by atoms with E-state index in [2.05, 4.69) is 15.0 Å². The Balaban J connectivity index is 1.14. The van der Waals surface area contributed by atoms with Crippen molar-refractivity contribution >= 4 is 56.2 Å². The number of fused-ring (bicyclic) bond motifs is 3. The highest BCUT2D eigenvalue weighted by atomic mass is 35.5. The minimum Gasteiger partial charge on any atom is -0.495 e. The molecular weight excluding hydrogens is 853 g/mol. The van der Waals surface area contributed by atoms with Gasteiger partial charge in [-0.3, -0.25) is 28.9 Å². The molecule has 5 heterocycles. The van der Waals surface area contributed by atoms with Crippen molar-refractivity contribution in [3.8, 4) is 22.9 Å². The molecule has 4 amide bonds. The Labute approximate surface area is 362 Å². The van der Waals surface area contributed by atoms with Crippen LogP contribution in [0.4, 0.5) is 13.2 Å². The highest BCUT2D eigenvalue weighted by Gasteiger charge is 2.62. The van der Waals surface area contributed by atoms with Crippen molar-refractivity contribution in [2.24, 2.45) is 11.8 Å². The number of likely N-dealkylation sites (tertiary alicyclic amines) is 1. The number of carbonyl (C=O) groups excluding carboxylic acids is 4. The summed E-state index contributed by atoms with van der Waals surface area (Å²) < 4.78 is 82.2. The van der Waals surface area contributed by atoms with Gasteiger partial charge in [0.05, 0.1) is 35.8 Å². The zero-order chi connectivity index (χ0) is 44.0. The van der Waals surface area contributed by atoms with Gasteiger partial charge in [-0.25, -0.2) is 13.4 Å². The van der Waals surface area contributed by atoms with Crippen molar-refractivity contribution in [3.63, 3.8) is 0 Å². The van der Waals surface area contributed by atoms with Gasteiger partial charge in [0.1, 0.15) is 40.2 Å². The molecule has 2 aromatic heterocycles. The number of nitrogens with one attached hydrogen (secondary N) is 2. The van der Waals surface area contributed by atoms with E-state index in [1.165, 1.54) is 12.0 Å². The summed E-state index contributed by atoms with van der Waals surface area (Å²) in [5.74, 6) is -3.93. The summed E-state index contributed by atoms with van der Waals surface area (Å²) in [7, 11) is -2.51. The smallest absolute Gasteiger partial charge is 0.408 e. The number of ether oxygens (including phenoxy) is 2. The molecule has 2 saturated carbocycles. The van der Waals surface area contributed by atoms with Gasteiger partial charge in [0.15, 0.2) is 0 Å². The molecule has 19 heteroatoms. The first-order valence-corrected chi connectivity index (χ1v) is 23.0. The summed E-state index contributed by atoms with van der Waals surface area (Å²) in [5, 5.41) is 2.84. The summed E-state index contributed by atoms with van der Waals surface area (Å²) in [4.78, 5) is 68.3. The number of halogens is 4. The van der Waals surface area contributed by atoms with Gasteiger partial charge in [0, 0.05) is 48.9 Å². The molecule has 6 atom stereocenters. The van der Waals surface area contributed by atoms with E-state index in [1.54, 1.807) is 48.7 Å². The molecule has 2 N–H and O–H groups in total. The lowest BCUT2D eigenvalue weighted by molar-refractivity contribution is -0.183. The molecule has 1 unspecified atom stereocenters. The van der Waals surface area contributed by atoms with E-state index in [4.69, 9.17) is 26.1 Å². The quantitative estimate of drug-likeness (QED) is 0.247. The van der Waals surface area contributed by atoms with Crippen molar-refractivity contribution in [1.82, 2.24) is 29.8 Å². The highest BCUT2D eigenvalue weighted by Crippen LogP contribution is 2.47. The number of sulfonamides is 1. The van der Waals surface area contributed by atoms with Crippen LogP contribution in [-0.4, -0.2) is 107 Å². The van der Waals surface area contributed by atoms with Gasteiger partial charge in [-0.05, 0) is 75.6 Å². The number of rotatable bonds is 9. The van der Waals surface area contributed by atoms with E-state index in [0.717, 1.165) is 4.90 Å². The van der Waals surface area contributed by atoms with Crippen LogP contribution in [0.15, 0.2) is 54.7 Å². The zero-order valence-corrected chi connectivity index (χ0v) is 35.6. The first kappa shape index (κ1) is 43.7. The van der Waals surface area contributed by atoms with Gasteiger partial charge in [0.25, 0.3) is 5.91 Å². The molecule has 3 aromatic rings. The predicted octanol–water partition coefficient (Wildman–Crippen LogP) is 5.87. The van der Waals surface area contributed by atoms with Crippen LogP contribution in [0.1, 0.15) is 77.0 Å². The van der Waals surface area contributed by atoms with Crippen LogP contribution in [0, 0.1) is 11.8 Å². The van der Waals surface area contributed by atoms with E-state index >= 15 is 0 Å². The Bertz CT molecular complexity index is 2390. The van der Waals surface area contributed by atoms with Crippen molar-refractivity contribution in [2.75, 3.05) is 20.2 Å². The Kier molecular flexibility index (Phi) is 12.2. The SMILES string of the molecule is COc1ccc2c(O[C@@H]3C[C@H]4C(=O)N[C@]5(C(=O)NS(=O)(=O)C6CC6)C[C@H]5C=CCCCCC[C@H](CC(=O)N5CCCC5C(F)(F)F)C(=O)N4C3)cc(-c3ccccn3)nc2c1Cl. The number of allylic oxidation sites excluding steroid dienone is 1. The molecule has 332 valence electrons. The average molecular weight is 901 g/mol. The highest BCUT2D eigenvalue weighted by molar-refractivity contribution is 7.91. The zero-order valence-electron chi connectivity index (χ0n) is 34.0. The van der Waals surface area contributed by atoms with E-state index in [-0.39, 0.29) is 50.2 Å². The van der Waals surface area contributed by atoms with E-state index in [1.807, 2.05) is 6.08 Å². The third-order valence-electron chi connectivity index (χ3n) is 12.6. The largest absolute Gasteiger partial charge is 0.495 e. The van der Waals surface area contributed by atoms with Crippen LogP contribution in [0.5, 0.6) is 11.5 Å². The summed E-state index contributed by atoms with van der Waals surface area (Å²) in [6.07, 6.45) is 2.71. The number of hydrogen-bond acceptors (Lipinski definition) is 10. The minimum absolute atomic E-state index is 0.0844. The van der Waals surface area contributed by atoms with Crippen LogP contribution >= 0.6 is 11.6 Å². The fraction of sp³-hybridized carbons (Fsp3) is 0.535. The lowest BCUT2D eigenvalue weighted by Crippen LogP contribution is -2.57. The standard InChI is InChI=1S/C43H48ClF3N6O8S/c1-60-33-17-16-29-34(22-31(49-38(29)37(33)44)30-12-7-8-18-48-30)61-27-21-32-39(55)50-42(41(57)51-62(58,59)28-14-15-28)23-26(42)11-6-4-2-3-5-10-25(40(56)53(32)24-27)20-36(54)52-19-9-13-35(52)43(45,46)47/h6-8,11-12,16-18,22,25-28,32,35H,2-5,9-10,13-15,19-21,23-24H2,1H3,(H,50,55)(H,51,57)/t25-,26-,27-,32+,35?,42-/m1/s1. The second kappa shape index (κ2) is 17.3. The summed E-state index contributed by atoms with van der Waals surface area (Å²) in [6, 6.07) is 7.10. The molecule has 0 bridgehead atoms. The van der Waals surface area contributed by atoms with E-state index in [0.29, 0.717) is 72.3 Å². The number of aromatic nitrogens is 2. The van der Waals surface area contributed by atoms with E-state index in [9.17, 15) is 40.8 Å². The molecular formula is C43H48ClF3N6O8S. The maximum atomic E-state index is 14.9. The lowest BCUT2D eigenvalue weighted by Gasteiger charge is -2.31. The van der Waals surface area contributed by atoms with Crippen molar-refractivity contribution in [2.45, 2.75) is 112 Å². The van der Waals surface area contributed by atoms with Crippen LogP contribution in [-0.2, 0) is 29.2 Å². The molecule has 4 fully saturated rings. The molecule has 8 rings (SSSR count). The fourth-order valence-electron chi connectivity index (χ4n) is 9.00. The molecule has 14 nitrogen and oxygen atoms in total. The second-order valence-corrected chi connectivity index (χ2v) is 19.2. The predicted molar refractivity (Wildman–Crippen MR) is 221 cm³/mol. The van der Waals surface area contributed by atoms with Gasteiger partial charge >= 0.3 is 6.18 Å². The van der Waals surface area contributed by atoms with Crippen molar-refractivity contribution < 1.29 is 50.2 Å². The Morgan fingerprint density at radius 2 is 1.84 bits per heavy atom. The number of nitrogens with zero attached hydrogens (tertiary/aromatic N) is 4. The van der Waals surface area contributed by atoms with E-state index < -0.39 is 87.1 Å². The third kappa shape index (κ3) is 8.94. The molecule has 2 aliphatic carbocycles. The molecule has 62 heavy (non-hydrogen) atoms. The topological polar surface area (TPSA) is 177 Å². The van der Waals surface area contributed by atoms with Crippen molar-refractivity contribution in [1.29, 1.82) is 0 Å². The minimum atomic E-state index is -4.63. The molecule has 0 radical (unpaired) electrons. The number of pyridine rings is 2. The van der Waals surface area contributed by atoms with Gasteiger partial charge in [-0.15, -0.1) is 0 Å².